The molecule has 0 radical (unpaired) electrons. The van der Waals surface area contributed by atoms with Crippen LogP contribution in [0.1, 0.15) is 19.4 Å². The fraction of sp³-hybridized carbons (Fsp3) is 0.417. The van der Waals surface area contributed by atoms with Gasteiger partial charge in [0.2, 0.25) is 0 Å². The van der Waals surface area contributed by atoms with Gasteiger partial charge in [-0.05, 0) is 41.9 Å². The first kappa shape index (κ1) is 15.3. The number of benzene rings is 1. The molecule has 18 heavy (non-hydrogen) atoms. The number of hydrogen-bond donors (Lipinski definition) is 2. The summed E-state index contributed by atoms with van der Waals surface area (Å²) in [6.07, 6.45) is 0. The molecule has 0 atom stereocenters. The van der Waals surface area contributed by atoms with Crippen LogP contribution < -0.4 is 10.6 Å². The van der Waals surface area contributed by atoms with E-state index in [1.165, 1.54) is 0 Å². The molecule has 0 bridgehead atoms. The molecule has 0 aliphatic rings. The van der Waals surface area contributed by atoms with Gasteiger partial charge >= 0.3 is 0 Å². The number of halogens is 2. The van der Waals surface area contributed by atoms with E-state index in [1.54, 1.807) is 37.9 Å². The molecule has 0 fully saturated rings. The zero-order valence-electron chi connectivity index (χ0n) is 10.5. The zero-order valence-corrected chi connectivity index (χ0v) is 12.9. The van der Waals surface area contributed by atoms with Crippen LogP contribution in [0.3, 0.4) is 0 Å². The Balaban J connectivity index is 3.13. The molecular formula is C12H16BrFN2OS. The standard InChI is InChI=1S/C12H16BrFN2OS/c1-12(2,17)6-16(3)8-5-4-7(11(15)18)9(13)10(8)14/h4-5,17H,6H2,1-3H3,(H2,15,18). The van der Waals surface area contributed by atoms with Gasteiger partial charge in [-0.25, -0.2) is 4.39 Å². The fourth-order valence-electron chi connectivity index (χ4n) is 1.69. The summed E-state index contributed by atoms with van der Waals surface area (Å²) in [5.41, 5.74) is 5.43. The Morgan fingerprint density at radius 3 is 2.56 bits per heavy atom. The van der Waals surface area contributed by atoms with Crippen LogP contribution in [0.15, 0.2) is 16.6 Å². The summed E-state index contributed by atoms with van der Waals surface area (Å²) in [6, 6.07) is 3.26. The smallest absolute Gasteiger partial charge is 0.161 e. The predicted molar refractivity (Wildman–Crippen MR) is 79.6 cm³/mol. The maximum absolute atomic E-state index is 14.2. The van der Waals surface area contributed by atoms with Crippen LogP contribution in [0, 0.1) is 5.82 Å². The number of thiocarbonyl (C=S) groups is 1. The Hall–Kier alpha value is -0.720. The predicted octanol–water partition coefficient (Wildman–Crippen LogP) is 2.43. The van der Waals surface area contributed by atoms with Crippen molar-refractivity contribution in [2.24, 2.45) is 5.73 Å². The van der Waals surface area contributed by atoms with Crippen molar-refractivity contribution in [3.05, 3.63) is 28.0 Å². The van der Waals surface area contributed by atoms with E-state index in [9.17, 15) is 9.50 Å². The molecule has 0 aliphatic carbocycles. The van der Waals surface area contributed by atoms with Gasteiger partial charge in [-0.15, -0.1) is 0 Å². The molecule has 3 N–H and O–H groups in total. The van der Waals surface area contributed by atoms with Crippen molar-refractivity contribution in [1.29, 1.82) is 0 Å². The first-order valence-electron chi connectivity index (χ1n) is 5.35. The van der Waals surface area contributed by atoms with Crippen molar-refractivity contribution in [1.82, 2.24) is 0 Å². The van der Waals surface area contributed by atoms with E-state index in [4.69, 9.17) is 18.0 Å². The highest BCUT2D eigenvalue weighted by Crippen LogP contribution is 2.29. The molecule has 0 amide bonds. The average molecular weight is 335 g/mol. The monoisotopic (exact) mass is 334 g/mol. The Morgan fingerprint density at radius 2 is 2.11 bits per heavy atom. The summed E-state index contributed by atoms with van der Waals surface area (Å²) in [7, 11) is 1.71. The van der Waals surface area contributed by atoms with Crippen molar-refractivity contribution >= 4 is 38.8 Å². The van der Waals surface area contributed by atoms with Crippen LogP contribution in [-0.2, 0) is 0 Å². The first-order chi connectivity index (χ1) is 8.13. The van der Waals surface area contributed by atoms with Crippen molar-refractivity contribution < 1.29 is 9.50 Å². The van der Waals surface area contributed by atoms with Crippen molar-refractivity contribution in [3.8, 4) is 0 Å². The Morgan fingerprint density at radius 1 is 1.56 bits per heavy atom. The second kappa shape index (κ2) is 5.50. The second-order valence-corrected chi connectivity index (χ2v) is 6.03. The molecule has 0 heterocycles. The van der Waals surface area contributed by atoms with E-state index in [0.717, 1.165) is 0 Å². The van der Waals surface area contributed by atoms with Gasteiger partial charge < -0.3 is 15.7 Å². The van der Waals surface area contributed by atoms with E-state index in [0.29, 0.717) is 17.8 Å². The molecule has 0 saturated carbocycles. The molecule has 3 nitrogen and oxygen atoms in total. The number of hydrogen-bond acceptors (Lipinski definition) is 3. The Labute approximate surface area is 120 Å². The molecule has 100 valence electrons. The Bertz CT molecular complexity index is 474. The topological polar surface area (TPSA) is 49.5 Å². The lowest BCUT2D eigenvalue weighted by atomic mass is 10.1. The minimum Gasteiger partial charge on any atom is -0.389 e. The maximum atomic E-state index is 14.2. The van der Waals surface area contributed by atoms with Gasteiger partial charge in [-0.2, -0.15) is 0 Å². The molecule has 0 spiro atoms. The van der Waals surface area contributed by atoms with E-state index in [1.807, 2.05) is 0 Å². The molecular weight excluding hydrogens is 319 g/mol. The van der Waals surface area contributed by atoms with Crippen LogP contribution in [-0.4, -0.2) is 29.3 Å². The van der Waals surface area contributed by atoms with E-state index >= 15 is 0 Å². The maximum Gasteiger partial charge on any atom is 0.161 e. The summed E-state index contributed by atoms with van der Waals surface area (Å²) >= 11 is 7.98. The quantitative estimate of drug-likeness (QED) is 0.830. The first-order valence-corrected chi connectivity index (χ1v) is 6.55. The molecule has 1 aromatic carbocycles. The molecule has 0 aromatic heterocycles. The molecule has 1 aromatic rings. The largest absolute Gasteiger partial charge is 0.389 e. The van der Waals surface area contributed by atoms with E-state index in [2.05, 4.69) is 15.9 Å². The molecule has 6 heteroatoms. The van der Waals surface area contributed by atoms with Crippen LogP contribution in [0.2, 0.25) is 0 Å². The third-order valence-corrected chi connectivity index (χ3v) is 3.36. The van der Waals surface area contributed by atoms with Crippen LogP contribution in [0.4, 0.5) is 10.1 Å². The van der Waals surface area contributed by atoms with Gasteiger partial charge in [-0.3, -0.25) is 0 Å². The molecule has 0 aliphatic heterocycles. The lowest BCUT2D eigenvalue weighted by molar-refractivity contribution is 0.0885. The van der Waals surface area contributed by atoms with Gasteiger partial charge in [0.05, 0.1) is 15.8 Å². The van der Waals surface area contributed by atoms with Gasteiger partial charge in [-0.1, -0.05) is 12.2 Å². The lowest BCUT2D eigenvalue weighted by Gasteiger charge is -2.28. The van der Waals surface area contributed by atoms with E-state index < -0.39 is 11.4 Å². The number of nitrogens with two attached hydrogens (primary N) is 1. The highest BCUT2D eigenvalue weighted by Gasteiger charge is 2.20. The fourth-order valence-corrected chi connectivity index (χ4v) is 2.54. The van der Waals surface area contributed by atoms with Gasteiger partial charge in [0.15, 0.2) is 5.82 Å². The second-order valence-electron chi connectivity index (χ2n) is 4.79. The van der Waals surface area contributed by atoms with Gasteiger partial charge in [0, 0.05) is 19.2 Å². The highest BCUT2D eigenvalue weighted by atomic mass is 79.9. The summed E-state index contributed by atoms with van der Waals surface area (Å²) in [6.45, 7) is 3.64. The van der Waals surface area contributed by atoms with E-state index in [-0.39, 0.29) is 9.46 Å². The highest BCUT2D eigenvalue weighted by molar-refractivity contribution is 9.10. The third kappa shape index (κ3) is 3.63. The normalized spacial score (nSPS) is 11.4. The van der Waals surface area contributed by atoms with Crippen LogP contribution in [0.5, 0.6) is 0 Å². The van der Waals surface area contributed by atoms with Crippen molar-refractivity contribution in [3.63, 3.8) is 0 Å². The van der Waals surface area contributed by atoms with Gasteiger partial charge in [0.1, 0.15) is 4.99 Å². The number of likely N-dealkylation sites (N-methyl/N-ethyl adjacent to an activating group) is 1. The van der Waals surface area contributed by atoms with Crippen molar-refractivity contribution in [2.75, 3.05) is 18.5 Å². The number of rotatable bonds is 4. The van der Waals surface area contributed by atoms with Crippen molar-refractivity contribution in [2.45, 2.75) is 19.4 Å². The zero-order chi connectivity index (χ0) is 14.1. The Kier molecular flexibility index (Phi) is 4.69. The lowest BCUT2D eigenvalue weighted by Crippen LogP contribution is -2.36. The minimum absolute atomic E-state index is 0.137. The summed E-state index contributed by atoms with van der Waals surface area (Å²) < 4.78 is 14.4. The molecule has 0 saturated heterocycles. The number of aliphatic hydroxyl groups is 1. The van der Waals surface area contributed by atoms with Crippen LogP contribution >= 0.6 is 28.1 Å². The van der Waals surface area contributed by atoms with Crippen LogP contribution in [0.25, 0.3) is 0 Å². The average Bonchev–Trinajstić information content (AvgIpc) is 2.18. The molecule has 1 rings (SSSR count). The summed E-state index contributed by atoms with van der Waals surface area (Å²) in [5, 5.41) is 9.74. The number of anilines is 1. The molecule has 0 unspecified atom stereocenters. The minimum atomic E-state index is -0.907. The summed E-state index contributed by atoms with van der Waals surface area (Å²) in [5.74, 6) is -0.438. The third-order valence-electron chi connectivity index (χ3n) is 2.36. The van der Waals surface area contributed by atoms with Gasteiger partial charge in [0.25, 0.3) is 0 Å². The summed E-state index contributed by atoms with van der Waals surface area (Å²) in [4.78, 5) is 1.78. The SMILES string of the molecule is CN(CC(C)(C)O)c1ccc(C(N)=S)c(Br)c1F. The number of nitrogens with zero attached hydrogens (tertiary/aromatic N) is 1.